The normalized spacial score (nSPS) is 13.2. The van der Waals surface area contributed by atoms with Gasteiger partial charge in [-0.05, 0) is 29.7 Å². The lowest BCUT2D eigenvalue weighted by atomic mass is 9.95. The topological polar surface area (TPSA) is 64.1 Å². The van der Waals surface area contributed by atoms with E-state index in [1.54, 1.807) is 6.07 Å². The molecule has 1 aromatic carbocycles. The Morgan fingerprint density at radius 2 is 2.00 bits per heavy atom. The van der Waals surface area contributed by atoms with Crippen molar-refractivity contribution in [2.45, 2.75) is 19.9 Å². The Labute approximate surface area is 83.3 Å². The minimum Gasteiger partial charge on any atom is -0.398 e. The summed E-state index contributed by atoms with van der Waals surface area (Å²) in [6.07, 6.45) is 0. The van der Waals surface area contributed by atoms with Crippen molar-refractivity contribution in [3.05, 3.63) is 29.6 Å². The van der Waals surface area contributed by atoms with Gasteiger partial charge in [0, 0.05) is 5.69 Å². The molecule has 0 saturated carbocycles. The Balaban J connectivity index is 3.08. The summed E-state index contributed by atoms with van der Waals surface area (Å²) in [6.45, 7) is 3.99. The Morgan fingerprint density at radius 1 is 1.36 bits per heavy atom. The molecule has 4 heteroatoms. The van der Waals surface area contributed by atoms with Crippen molar-refractivity contribution in [1.29, 1.82) is 0 Å². The summed E-state index contributed by atoms with van der Waals surface area (Å²) in [4.78, 5) is 0. The molecule has 0 saturated heterocycles. The zero-order chi connectivity index (χ0) is 10.7. The molecular formula is C10H16FN3. The maximum absolute atomic E-state index is 13.0. The molecule has 0 aliphatic heterocycles. The molecule has 0 heterocycles. The fourth-order valence-electron chi connectivity index (χ4n) is 1.46. The summed E-state index contributed by atoms with van der Waals surface area (Å²) in [5.41, 5.74) is 9.65. The molecule has 0 fully saturated rings. The molecule has 0 aromatic heterocycles. The molecule has 0 amide bonds. The molecule has 3 nitrogen and oxygen atoms in total. The highest BCUT2D eigenvalue weighted by Crippen LogP contribution is 2.26. The van der Waals surface area contributed by atoms with Crippen molar-refractivity contribution in [1.82, 2.24) is 5.43 Å². The van der Waals surface area contributed by atoms with Gasteiger partial charge in [0.05, 0.1) is 6.04 Å². The first kappa shape index (κ1) is 10.9. The quantitative estimate of drug-likeness (QED) is 0.391. The van der Waals surface area contributed by atoms with Crippen LogP contribution in [0, 0.1) is 11.7 Å². The standard InChI is InChI=1S/C10H16FN3/c1-6(2)10(14-13)8-5-7(11)3-4-9(8)12/h3-6,10,14H,12-13H2,1-2H3. The van der Waals surface area contributed by atoms with Crippen LogP contribution in [0.5, 0.6) is 0 Å². The Hall–Kier alpha value is -1.13. The maximum atomic E-state index is 13.0. The van der Waals surface area contributed by atoms with Gasteiger partial charge in [0.15, 0.2) is 0 Å². The fraction of sp³-hybridized carbons (Fsp3) is 0.400. The predicted molar refractivity (Wildman–Crippen MR) is 55.7 cm³/mol. The lowest BCUT2D eigenvalue weighted by Crippen LogP contribution is -2.32. The maximum Gasteiger partial charge on any atom is 0.123 e. The first-order chi connectivity index (χ1) is 6.56. The van der Waals surface area contributed by atoms with E-state index in [0.717, 1.165) is 0 Å². The van der Waals surface area contributed by atoms with Crippen LogP contribution in [0.1, 0.15) is 25.5 Å². The molecule has 0 spiro atoms. The van der Waals surface area contributed by atoms with Gasteiger partial charge in [0.25, 0.3) is 0 Å². The number of hydrazine groups is 1. The van der Waals surface area contributed by atoms with E-state index in [1.165, 1.54) is 12.1 Å². The lowest BCUT2D eigenvalue weighted by Gasteiger charge is -2.21. The highest BCUT2D eigenvalue weighted by molar-refractivity contribution is 5.48. The van der Waals surface area contributed by atoms with Crippen LogP contribution in [0.15, 0.2) is 18.2 Å². The number of hydrogen-bond acceptors (Lipinski definition) is 3. The van der Waals surface area contributed by atoms with Crippen molar-refractivity contribution >= 4 is 5.69 Å². The van der Waals surface area contributed by atoms with E-state index in [2.05, 4.69) is 5.43 Å². The molecule has 1 aromatic rings. The van der Waals surface area contributed by atoms with Gasteiger partial charge in [-0.2, -0.15) is 0 Å². The van der Waals surface area contributed by atoms with Gasteiger partial charge in [-0.15, -0.1) is 0 Å². The average molecular weight is 197 g/mol. The van der Waals surface area contributed by atoms with Crippen LogP contribution in [0.4, 0.5) is 10.1 Å². The van der Waals surface area contributed by atoms with E-state index in [4.69, 9.17) is 11.6 Å². The summed E-state index contributed by atoms with van der Waals surface area (Å²) >= 11 is 0. The number of anilines is 1. The van der Waals surface area contributed by atoms with Crippen molar-refractivity contribution in [2.75, 3.05) is 5.73 Å². The van der Waals surface area contributed by atoms with Crippen molar-refractivity contribution in [3.8, 4) is 0 Å². The zero-order valence-electron chi connectivity index (χ0n) is 8.42. The van der Waals surface area contributed by atoms with Crippen LogP contribution in [0.2, 0.25) is 0 Å². The predicted octanol–water partition coefficient (Wildman–Crippen LogP) is 1.57. The Kier molecular flexibility index (Phi) is 3.43. The molecule has 5 N–H and O–H groups in total. The van der Waals surface area contributed by atoms with Crippen LogP contribution < -0.4 is 17.0 Å². The van der Waals surface area contributed by atoms with Crippen molar-refractivity contribution in [2.24, 2.45) is 11.8 Å². The van der Waals surface area contributed by atoms with Gasteiger partial charge >= 0.3 is 0 Å². The number of halogens is 1. The second-order valence-electron chi connectivity index (χ2n) is 3.66. The SMILES string of the molecule is CC(C)C(NN)c1cc(F)ccc1N. The third kappa shape index (κ3) is 2.21. The van der Waals surface area contributed by atoms with Gasteiger partial charge in [-0.25, -0.2) is 4.39 Å². The van der Waals surface area contributed by atoms with Gasteiger partial charge in [0.2, 0.25) is 0 Å². The zero-order valence-corrected chi connectivity index (χ0v) is 8.42. The third-order valence-electron chi connectivity index (χ3n) is 2.23. The Morgan fingerprint density at radius 3 is 2.50 bits per heavy atom. The number of nitrogens with one attached hydrogen (secondary N) is 1. The van der Waals surface area contributed by atoms with E-state index in [1.807, 2.05) is 13.8 Å². The molecule has 1 rings (SSSR count). The third-order valence-corrected chi connectivity index (χ3v) is 2.23. The summed E-state index contributed by atoms with van der Waals surface area (Å²) in [5.74, 6) is 5.35. The molecule has 78 valence electrons. The Bertz CT molecular complexity index is 312. The van der Waals surface area contributed by atoms with Crippen molar-refractivity contribution < 1.29 is 4.39 Å². The number of nitrogen functional groups attached to an aromatic ring is 1. The van der Waals surface area contributed by atoms with E-state index >= 15 is 0 Å². The van der Waals surface area contributed by atoms with Crippen molar-refractivity contribution in [3.63, 3.8) is 0 Å². The lowest BCUT2D eigenvalue weighted by molar-refractivity contribution is 0.420. The van der Waals surface area contributed by atoms with E-state index in [0.29, 0.717) is 11.3 Å². The first-order valence-corrected chi connectivity index (χ1v) is 4.57. The van der Waals surface area contributed by atoms with E-state index in [-0.39, 0.29) is 17.8 Å². The molecule has 0 bridgehead atoms. The minimum absolute atomic E-state index is 0.120. The largest absolute Gasteiger partial charge is 0.398 e. The van der Waals surface area contributed by atoms with Gasteiger partial charge < -0.3 is 5.73 Å². The number of hydrogen-bond donors (Lipinski definition) is 3. The second kappa shape index (κ2) is 4.39. The van der Waals surface area contributed by atoms with Gasteiger partial charge in [0.1, 0.15) is 5.82 Å². The summed E-state index contributed by atoms with van der Waals surface area (Å²) in [6, 6.07) is 4.19. The molecule has 14 heavy (non-hydrogen) atoms. The molecule has 1 atom stereocenters. The van der Waals surface area contributed by atoms with E-state index in [9.17, 15) is 4.39 Å². The summed E-state index contributed by atoms with van der Waals surface area (Å²) in [7, 11) is 0. The van der Waals surface area contributed by atoms with Crippen LogP contribution >= 0.6 is 0 Å². The molecule has 0 aliphatic rings. The number of nitrogens with two attached hydrogens (primary N) is 2. The van der Waals surface area contributed by atoms with Crippen LogP contribution in [0.25, 0.3) is 0 Å². The fourth-order valence-corrected chi connectivity index (χ4v) is 1.46. The molecular weight excluding hydrogens is 181 g/mol. The summed E-state index contributed by atoms with van der Waals surface area (Å²) in [5, 5.41) is 0. The monoisotopic (exact) mass is 197 g/mol. The smallest absolute Gasteiger partial charge is 0.123 e. The molecule has 0 aliphatic carbocycles. The van der Waals surface area contributed by atoms with Crippen LogP contribution in [0.3, 0.4) is 0 Å². The molecule has 0 radical (unpaired) electrons. The highest BCUT2D eigenvalue weighted by atomic mass is 19.1. The number of rotatable bonds is 3. The number of benzene rings is 1. The minimum atomic E-state index is -0.296. The molecule has 1 unspecified atom stereocenters. The van der Waals surface area contributed by atoms with Crippen LogP contribution in [-0.2, 0) is 0 Å². The van der Waals surface area contributed by atoms with Crippen LogP contribution in [-0.4, -0.2) is 0 Å². The van der Waals surface area contributed by atoms with Gasteiger partial charge in [-0.3, -0.25) is 11.3 Å². The average Bonchev–Trinajstić information content (AvgIpc) is 2.11. The highest BCUT2D eigenvalue weighted by Gasteiger charge is 2.16. The second-order valence-corrected chi connectivity index (χ2v) is 3.66. The van der Waals surface area contributed by atoms with E-state index < -0.39 is 0 Å². The summed E-state index contributed by atoms with van der Waals surface area (Å²) < 4.78 is 13.0. The first-order valence-electron chi connectivity index (χ1n) is 4.57. The van der Waals surface area contributed by atoms with Gasteiger partial charge in [-0.1, -0.05) is 13.8 Å².